The second-order valence-corrected chi connectivity index (χ2v) is 6.01. The first-order valence-electron chi connectivity index (χ1n) is 7.82. The summed E-state index contributed by atoms with van der Waals surface area (Å²) >= 11 is 5.83. The molecule has 132 valence electrons. The lowest BCUT2D eigenvalue weighted by molar-refractivity contribution is 0.133. The Bertz CT molecular complexity index is 752. The zero-order chi connectivity index (χ0) is 17.8. The fraction of sp³-hybridized carbons (Fsp3) is 0.400. The van der Waals surface area contributed by atoms with Crippen molar-refractivity contribution in [3.8, 4) is 0 Å². The molecule has 0 bridgehead atoms. The Labute approximate surface area is 149 Å². The van der Waals surface area contributed by atoms with E-state index in [-0.39, 0.29) is 11.3 Å². The van der Waals surface area contributed by atoms with Gasteiger partial charge in [-0.25, -0.2) is 19.7 Å². The monoisotopic (exact) mass is 363 g/mol. The van der Waals surface area contributed by atoms with Crippen LogP contribution in [0, 0.1) is 0 Å². The Morgan fingerprint density at radius 1 is 1.24 bits per heavy atom. The largest absolute Gasteiger partial charge is 0.465 e. The number of nitrogens with one attached hydrogen (secondary N) is 1. The van der Waals surface area contributed by atoms with Crippen LogP contribution >= 0.6 is 11.6 Å². The molecule has 9 nitrogen and oxygen atoms in total. The van der Waals surface area contributed by atoms with Crippen LogP contribution in [0.5, 0.6) is 0 Å². The summed E-state index contributed by atoms with van der Waals surface area (Å²) in [5.74, 6) is 1.79. The fourth-order valence-corrected chi connectivity index (χ4v) is 2.78. The van der Waals surface area contributed by atoms with Gasteiger partial charge < -0.3 is 20.2 Å². The fourth-order valence-electron chi connectivity index (χ4n) is 2.63. The normalized spacial score (nSPS) is 15.0. The average molecular weight is 364 g/mol. The van der Waals surface area contributed by atoms with E-state index in [4.69, 9.17) is 16.7 Å². The first kappa shape index (κ1) is 17.2. The number of nitrogens with zero attached hydrogens (tertiary/aromatic N) is 6. The smallest absolute Gasteiger partial charge is 0.407 e. The summed E-state index contributed by atoms with van der Waals surface area (Å²) in [4.78, 5) is 30.9. The quantitative estimate of drug-likeness (QED) is 0.796. The van der Waals surface area contributed by atoms with Gasteiger partial charge >= 0.3 is 6.09 Å². The van der Waals surface area contributed by atoms with Crippen LogP contribution in [0.15, 0.2) is 24.5 Å². The van der Waals surface area contributed by atoms with Crippen molar-refractivity contribution in [2.75, 3.05) is 30.4 Å². The van der Waals surface area contributed by atoms with Crippen molar-refractivity contribution in [2.24, 2.45) is 0 Å². The number of piperidine rings is 1. The number of amides is 1. The van der Waals surface area contributed by atoms with E-state index in [1.807, 2.05) is 7.05 Å². The van der Waals surface area contributed by atoms with Crippen LogP contribution in [0.1, 0.15) is 12.8 Å². The molecule has 0 atom stereocenters. The molecular weight excluding hydrogens is 346 g/mol. The Morgan fingerprint density at radius 2 is 1.88 bits per heavy atom. The number of carbonyl (C=O) groups is 1. The number of carboxylic acid groups (broad SMARTS) is 1. The standard InChI is InChI=1S/C15H18ClN7O2/c1-22(11-2-6-17-13(16)20-11)12-3-7-18-14(21-12)19-10-4-8-23(9-5-10)15(24)25/h2-3,6-7,10H,4-5,8-9H2,1H3,(H,24,25)(H,18,19,21). The van der Waals surface area contributed by atoms with Gasteiger partial charge in [-0.2, -0.15) is 4.98 Å². The van der Waals surface area contributed by atoms with Crippen molar-refractivity contribution >= 4 is 35.3 Å². The topological polar surface area (TPSA) is 107 Å². The number of rotatable bonds is 4. The zero-order valence-corrected chi connectivity index (χ0v) is 14.4. The lowest BCUT2D eigenvalue weighted by atomic mass is 10.1. The number of aromatic nitrogens is 4. The lowest BCUT2D eigenvalue weighted by Crippen LogP contribution is -2.41. The van der Waals surface area contributed by atoms with E-state index in [9.17, 15) is 4.79 Å². The highest BCUT2D eigenvalue weighted by Crippen LogP contribution is 2.21. The molecule has 2 N–H and O–H groups in total. The molecule has 25 heavy (non-hydrogen) atoms. The molecule has 2 aromatic heterocycles. The van der Waals surface area contributed by atoms with Crippen molar-refractivity contribution in [1.82, 2.24) is 24.8 Å². The Balaban J connectivity index is 1.67. The molecule has 0 saturated carbocycles. The van der Waals surface area contributed by atoms with E-state index in [2.05, 4.69) is 25.3 Å². The molecule has 2 aromatic rings. The SMILES string of the molecule is CN(c1ccnc(Cl)n1)c1ccnc(NC2CCN(C(=O)O)CC2)n1. The van der Waals surface area contributed by atoms with E-state index >= 15 is 0 Å². The van der Waals surface area contributed by atoms with Crippen LogP contribution < -0.4 is 10.2 Å². The van der Waals surface area contributed by atoms with Crippen LogP contribution in [-0.2, 0) is 0 Å². The third-order valence-electron chi connectivity index (χ3n) is 4.04. The second kappa shape index (κ2) is 7.47. The van der Waals surface area contributed by atoms with Crippen molar-refractivity contribution < 1.29 is 9.90 Å². The molecule has 3 heterocycles. The zero-order valence-electron chi connectivity index (χ0n) is 13.6. The van der Waals surface area contributed by atoms with Crippen LogP contribution in [0.4, 0.5) is 22.4 Å². The Morgan fingerprint density at radius 3 is 2.52 bits per heavy atom. The van der Waals surface area contributed by atoms with Gasteiger partial charge in [-0.3, -0.25) is 0 Å². The summed E-state index contributed by atoms with van der Waals surface area (Å²) in [5.41, 5.74) is 0. The maximum atomic E-state index is 11.0. The summed E-state index contributed by atoms with van der Waals surface area (Å²) in [5, 5.41) is 12.4. The van der Waals surface area contributed by atoms with Gasteiger partial charge in [-0.1, -0.05) is 0 Å². The minimum atomic E-state index is -0.873. The van der Waals surface area contributed by atoms with E-state index < -0.39 is 6.09 Å². The summed E-state index contributed by atoms with van der Waals surface area (Å²) in [7, 11) is 1.83. The van der Waals surface area contributed by atoms with Gasteiger partial charge in [-0.05, 0) is 36.6 Å². The van der Waals surface area contributed by atoms with E-state index in [0.29, 0.717) is 30.7 Å². The molecule has 3 rings (SSSR count). The lowest BCUT2D eigenvalue weighted by Gasteiger charge is -2.30. The minimum absolute atomic E-state index is 0.143. The molecule has 0 aliphatic carbocycles. The molecule has 1 aliphatic rings. The molecule has 0 radical (unpaired) electrons. The maximum Gasteiger partial charge on any atom is 0.407 e. The van der Waals surface area contributed by atoms with Gasteiger partial charge in [0.05, 0.1) is 0 Å². The van der Waals surface area contributed by atoms with Crippen molar-refractivity contribution in [3.05, 3.63) is 29.8 Å². The van der Waals surface area contributed by atoms with Gasteiger partial charge in [-0.15, -0.1) is 0 Å². The first-order valence-corrected chi connectivity index (χ1v) is 8.20. The number of likely N-dealkylation sites (tertiary alicyclic amines) is 1. The molecular formula is C15H18ClN7O2. The average Bonchev–Trinajstić information content (AvgIpc) is 2.62. The second-order valence-electron chi connectivity index (χ2n) is 5.67. The van der Waals surface area contributed by atoms with Crippen LogP contribution in [0.25, 0.3) is 0 Å². The highest BCUT2D eigenvalue weighted by atomic mass is 35.5. The third kappa shape index (κ3) is 4.24. The van der Waals surface area contributed by atoms with Gasteiger partial charge in [0.15, 0.2) is 0 Å². The van der Waals surface area contributed by atoms with Gasteiger partial charge in [0.1, 0.15) is 11.6 Å². The van der Waals surface area contributed by atoms with Crippen LogP contribution in [0.2, 0.25) is 5.28 Å². The van der Waals surface area contributed by atoms with E-state index in [1.165, 1.54) is 4.90 Å². The highest BCUT2D eigenvalue weighted by Gasteiger charge is 2.22. The number of hydrogen-bond acceptors (Lipinski definition) is 7. The molecule has 1 saturated heterocycles. The molecule has 0 spiro atoms. The summed E-state index contributed by atoms with van der Waals surface area (Å²) < 4.78 is 0. The molecule has 10 heteroatoms. The molecule has 1 aliphatic heterocycles. The maximum absolute atomic E-state index is 11.0. The van der Waals surface area contributed by atoms with E-state index in [1.54, 1.807) is 29.4 Å². The first-order chi connectivity index (χ1) is 12.0. The predicted molar refractivity (Wildman–Crippen MR) is 93.4 cm³/mol. The van der Waals surface area contributed by atoms with Crippen molar-refractivity contribution in [1.29, 1.82) is 0 Å². The third-order valence-corrected chi connectivity index (χ3v) is 4.22. The van der Waals surface area contributed by atoms with E-state index in [0.717, 1.165) is 12.8 Å². The molecule has 1 fully saturated rings. The number of hydrogen-bond donors (Lipinski definition) is 2. The summed E-state index contributed by atoms with van der Waals surface area (Å²) in [6.45, 7) is 1.01. The van der Waals surface area contributed by atoms with Gasteiger partial charge in [0.25, 0.3) is 0 Å². The van der Waals surface area contributed by atoms with Gasteiger partial charge in [0.2, 0.25) is 11.2 Å². The molecule has 0 unspecified atom stereocenters. The van der Waals surface area contributed by atoms with Crippen molar-refractivity contribution in [3.63, 3.8) is 0 Å². The number of halogens is 1. The van der Waals surface area contributed by atoms with Crippen LogP contribution in [0.3, 0.4) is 0 Å². The minimum Gasteiger partial charge on any atom is -0.465 e. The molecule has 1 amide bonds. The van der Waals surface area contributed by atoms with Crippen LogP contribution in [-0.4, -0.2) is 62.2 Å². The van der Waals surface area contributed by atoms with Crippen molar-refractivity contribution in [2.45, 2.75) is 18.9 Å². The Hall–Kier alpha value is -2.68. The summed E-state index contributed by atoms with van der Waals surface area (Å²) in [6.07, 6.45) is 3.81. The highest BCUT2D eigenvalue weighted by molar-refractivity contribution is 6.28. The van der Waals surface area contributed by atoms with Gasteiger partial charge in [0, 0.05) is 38.6 Å². The summed E-state index contributed by atoms with van der Waals surface area (Å²) in [6, 6.07) is 3.65. The molecule has 0 aromatic carbocycles. The number of anilines is 3. The predicted octanol–water partition coefficient (Wildman–Crippen LogP) is 2.24. The Kier molecular flexibility index (Phi) is 5.13.